The van der Waals surface area contributed by atoms with Gasteiger partial charge in [-0.1, -0.05) is 18.2 Å². The first-order chi connectivity index (χ1) is 12.0. The first-order valence-corrected chi connectivity index (χ1v) is 7.66. The quantitative estimate of drug-likeness (QED) is 0.554. The predicted molar refractivity (Wildman–Crippen MR) is 97.6 cm³/mol. The fourth-order valence-corrected chi connectivity index (χ4v) is 2.52. The second-order valence-electron chi connectivity index (χ2n) is 5.10. The number of aromatic nitrogens is 1. The molecule has 2 aromatic carbocycles. The summed E-state index contributed by atoms with van der Waals surface area (Å²) in [6, 6.07) is 13.5. The minimum Gasteiger partial charge on any atom is -0.497 e. The number of nitrogens with two attached hydrogens (primary N) is 1. The van der Waals surface area contributed by atoms with Crippen LogP contribution in [0.5, 0.6) is 11.6 Å². The first kappa shape index (κ1) is 16.6. The smallest absolute Gasteiger partial charge is 0.265 e. The number of hydrogen-bond donors (Lipinski definition) is 2. The molecule has 8 heteroatoms. The van der Waals surface area contributed by atoms with Crippen LogP contribution in [0.15, 0.2) is 58.8 Å². The summed E-state index contributed by atoms with van der Waals surface area (Å²) in [4.78, 5) is 12.9. The molecule has 0 saturated carbocycles. The highest BCUT2D eigenvalue weighted by molar-refractivity contribution is 7.80. The van der Waals surface area contributed by atoms with E-state index in [1.54, 1.807) is 55.6 Å². The molecular weight excluding hydrogens is 340 g/mol. The van der Waals surface area contributed by atoms with E-state index in [-0.39, 0.29) is 16.7 Å². The van der Waals surface area contributed by atoms with Crippen LogP contribution in [0, 0.1) is 0 Å². The van der Waals surface area contributed by atoms with E-state index in [2.05, 4.69) is 22.4 Å². The highest BCUT2D eigenvalue weighted by Crippen LogP contribution is 2.39. The number of benzene rings is 2. The zero-order valence-corrected chi connectivity index (χ0v) is 14.0. The molecule has 3 aromatic rings. The third-order valence-corrected chi connectivity index (χ3v) is 3.69. The molecule has 3 N–H and O–H groups in total. The molecule has 0 amide bonds. The van der Waals surface area contributed by atoms with Crippen molar-refractivity contribution in [3.63, 3.8) is 0 Å². The van der Waals surface area contributed by atoms with Gasteiger partial charge in [0.1, 0.15) is 5.75 Å². The summed E-state index contributed by atoms with van der Waals surface area (Å²) in [6.07, 6.45) is 0. The molecule has 0 bridgehead atoms. The minimum absolute atomic E-state index is 0.130. The maximum atomic E-state index is 12.9. The molecule has 126 valence electrons. The molecule has 0 radical (unpaired) electrons. The summed E-state index contributed by atoms with van der Waals surface area (Å²) in [7, 11) is 1.54. The molecular formula is C17H14N4O3S. The maximum absolute atomic E-state index is 12.9. The van der Waals surface area contributed by atoms with E-state index in [1.807, 2.05) is 0 Å². The number of para-hydroxylation sites is 1. The van der Waals surface area contributed by atoms with Crippen molar-refractivity contribution in [3.05, 3.63) is 54.1 Å². The summed E-state index contributed by atoms with van der Waals surface area (Å²) in [5.41, 5.74) is 6.33. The lowest BCUT2D eigenvalue weighted by atomic mass is 10.2. The molecule has 0 unspecified atom stereocenters. The number of carbonyl (C=O) groups excluding carboxylic acids is 1. The Hall–Kier alpha value is -3.26. The highest BCUT2D eigenvalue weighted by atomic mass is 32.1. The maximum Gasteiger partial charge on any atom is 0.265 e. The molecule has 7 nitrogen and oxygen atoms in total. The van der Waals surface area contributed by atoms with E-state index >= 15 is 0 Å². The average molecular weight is 354 g/mol. The number of hydrogen-bond acceptors (Lipinski definition) is 5. The van der Waals surface area contributed by atoms with E-state index in [4.69, 9.17) is 10.5 Å². The van der Waals surface area contributed by atoms with Crippen LogP contribution >= 0.6 is 12.2 Å². The van der Waals surface area contributed by atoms with E-state index in [0.717, 1.165) is 0 Å². The van der Waals surface area contributed by atoms with Crippen molar-refractivity contribution in [2.75, 3.05) is 7.11 Å². The Kier molecular flexibility index (Phi) is 4.44. The fourth-order valence-electron chi connectivity index (χ4n) is 2.48. The second-order valence-corrected chi connectivity index (χ2v) is 5.51. The van der Waals surface area contributed by atoms with Crippen molar-refractivity contribution in [1.82, 2.24) is 4.57 Å². The van der Waals surface area contributed by atoms with Crippen LogP contribution in [0.3, 0.4) is 0 Å². The molecule has 1 heterocycles. The van der Waals surface area contributed by atoms with Gasteiger partial charge in [-0.05, 0) is 42.5 Å². The monoisotopic (exact) mass is 354 g/mol. The van der Waals surface area contributed by atoms with E-state index in [9.17, 15) is 9.90 Å². The Morgan fingerprint density at radius 1 is 1.20 bits per heavy atom. The van der Waals surface area contributed by atoms with Gasteiger partial charge in [-0.25, -0.2) is 4.57 Å². The molecule has 0 atom stereocenters. The lowest BCUT2D eigenvalue weighted by Crippen LogP contribution is -2.11. The van der Waals surface area contributed by atoms with Crippen LogP contribution in [0.2, 0.25) is 0 Å². The Balaban J connectivity index is 2.16. The molecule has 1 aromatic heterocycles. The van der Waals surface area contributed by atoms with Crippen LogP contribution in [-0.4, -0.2) is 27.8 Å². The van der Waals surface area contributed by atoms with Crippen LogP contribution in [0.1, 0.15) is 10.4 Å². The number of nitrogens with zero attached hydrogens (tertiary/aromatic N) is 3. The molecule has 25 heavy (non-hydrogen) atoms. The standard InChI is InChI=1S/C17H14N4O3S/c1-24-11-8-6-10(7-9-11)15(22)21-13-5-3-2-4-12(13)14(16(21)23)19-20-17(18)25/h2-9,23H,1H3,(H2,18,25). The molecule has 0 fully saturated rings. The molecule has 0 aliphatic heterocycles. The zero-order valence-electron chi connectivity index (χ0n) is 13.2. The van der Waals surface area contributed by atoms with Crippen LogP contribution < -0.4 is 10.5 Å². The number of fused-ring (bicyclic) bond motifs is 1. The number of methoxy groups -OCH3 is 1. The van der Waals surface area contributed by atoms with Gasteiger partial charge in [-0.15, -0.1) is 10.2 Å². The minimum atomic E-state index is -0.409. The van der Waals surface area contributed by atoms with Gasteiger partial charge in [-0.2, -0.15) is 0 Å². The fraction of sp³-hybridized carbons (Fsp3) is 0.0588. The van der Waals surface area contributed by atoms with Gasteiger partial charge in [0, 0.05) is 10.9 Å². The van der Waals surface area contributed by atoms with Crippen molar-refractivity contribution in [1.29, 1.82) is 0 Å². The topological polar surface area (TPSA) is 102 Å². The zero-order chi connectivity index (χ0) is 18.0. The van der Waals surface area contributed by atoms with E-state index < -0.39 is 5.91 Å². The summed E-state index contributed by atoms with van der Waals surface area (Å²) < 4.78 is 6.26. The van der Waals surface area contributed by atoms with Crippen molar-refractivity contribution < 1.29 is 14.6 Å². The Morgan fingerprint density at radius 3 is 2.52 bits per heavy atom. The van der Waals surface area contributed by atoms with Gasteiger partial charge < -0.3 is 15.6 Å². The highest BCUT2D eigenvalue weighted by Gasteiger charge is 2.22. The van der Waals surface area contributed by atoms with Crippen molar-refractivity contribution >= 4 is 39.8 Å². The van der Waals surface area contributed by atoms with E-state index in [1.165, 1.54) is 4.57 Å². The van der Waals surface area contributed by atoms with Gasteiger partial charge >= 0.3 is 0 Å². The number of ether oxygens (including phenoxy) is 1. The Labute approximate surface area is 148 Å². The summed E-state index contributed by atoms with van der Waals surface area (Å²) in [5, 5.41) is 18.4. The Bertz CT molecular complexity index is 993. The first-order valence-electron chi connectivity index (χ1n) is 7.25. The van der Waals surface area contributed by atoms with Gasteiger partial charge in [-0.3, -0.25) is 4.79 Å². The van der Waals surface area contributed by atoms with E-state index in [0.29, 0.717) is 22.2 Å². The van der Waals surface area contributed by atoms with Crippen LogP contribution in [-0.2, 0) is 0 Å². The number of rotatable bonds is 3. The number of carbonyl (C=O) groups is 1. The third-order valence-electron chi connectivity index (χ3n) is 3.61. The van der Waals surface area contributed by atoms with Gasteiger partial charge in [0.15, 0.2) is 5.69 Å². The molecule has 0 aliphatic carbocycles. The van der Waals surface area contributed by atoms with Gasteiger partial charge in [0.05, 0.1) is 12.6 Å². The van der Waals surface area contributed by atoms with Crippen molar-refractivity contribution in [2.24, 2.45) is 16.0 Å². The summed E-state index contributed by atoms with van der Waals surface area (Å²) >= 11 is 4.67. The van der Waals surface area contributed by atoms with Gasteiger partial charge in [0.25, 0.3) is 5.91 Å². The summed E-state index contributed by atoms with van der Waals surface area (Å²) in [6.45, 7) is 0. The van der Waals surface area contributed by atoms with Crippen molar-refractivity contribution in [3.8, 4) is 11.6 Å². The van der Waals surface area contributed by atoms with Crippen LogP contribution in [0.4, 0.5) is 5.69 Å². The second kappa shape index (κ2) is 6.70. The predicted octanol–water partition coefficient (Wildman–Crippen LogP) is 3.37. The number of aromatic hydroxyl groups is 1. The average Bonchev–Trinajstić information content (AvgIpc) is 2.91. The number of azo groups is 1. The van der Waals surface area contributed by atoms with Gasteiger partial charge in [0.2, 0.25) is 11.0 Å². The van der Waals surface area contributed by atoms with Crippen LogP contribution in [0.25, 0.3) is 10.9 Å². The van der Waals surface area contributed by atoms with Crippen molar-refractivity contribution in [2.45, 2.75) is 0 Å². The summed E-state index contributed by atoms with van der Waals surface area (Å²) in [5.74, 6) is -0.112. The molecule has 3 rings (SSSR count). The SMILES string of the molecule is COc1ccc(C(=O)n2c(O)c(N=NC(N)=S)c3ccccc32)cc1. The number of thiocarbonyl (C=S) groups is 1. The lowest BCUT2D eigenvalue weighted by Gasteiger charge is -2.06. The Morgan fingerprint density at radius 2 is 1.88 bits per heavy atom. The molecule has 0 aliphatic rings. The largest absolute Gasteiger partial charge is 0.497 e. The molecule has 0 spiro atoms. The third kappa shape index (κ3) is 3.07. The normalized spacial score (nSPS) is 11.1. The lowest BCUT2D eigenvalue weighted by molar-refractivity contribution is 0.0957. The molecule has 0 saturated heterocycles.